The van der Waals surface area contributed by atoms with Crippen LogP contribution in [0.2, 0.25) is 0 Å². The molecule has 4 rings (SSSR count). The van der Waals surface area contributed by atoms with Crippen LogP contribution in [-0.2, 0) is 0 Å². The van der Waals surface area contributed by atoms with Crippen LogP contribution in [0.4, 0.5) is 18.9 Å². The number of aromatic hydroxyl groups is 1. The van der Waals surface area contributed by atoms with Gasteiger partial charge in [0.05, 0.1) is 5.69 Å². The minimum absolute atomic E-state index is 0.156. The van der Waals surface area contributed by atoms with Crippen LogP contribution in [0.15, 0.2) is 53.1 Å². The summed E-state index contributed by atoms with van der Waals surface area (Å²) in [7, 11) is 0. The first-order valence-electron chi connectivity index (χ1n) is 9.87. The Morgan fingerprint density at radius 2 is 1.81 bits per heavy atom. The summed E-state index contributed by atoms with van der Waals surface area (Å²) in [5.74, 6) is -0.288. The van der Waals surface area contributed by atoms with E-state index in [1.54, 1.807) is 24.0 Å². The first-order valence-corrected chi connectivity index (χ1v) is 9.87. The number of carbonyl (C=O) groups is 1. The van der Waals surface area contributed by atoms with Crippen molar-refractivity contribution in [3.05, 3.63) is 59.9 Å². The molecule has 1 fully saturated rings. The summed E-state index contributed by atoms with van der Waals surface area (Å²) < 4.78 is 46.9. The van der Waals surface area contributed by atoms with Crippen LogP contribution in [0.25, 0.3) is 11.3 Å². The number of aromatic nitrogens is 1. The van der Waals surface area contributed by atoms with Gasteiger partial charge in [0.2, 0.25) is 0 Å². The van der Waals surface area contributed by atoms with E-state index in [9.17, 15) is 23.1 Å². The Balaban J connectivity index is 1.53. The zero-order chi connectivity index (χ0) is 22.9. The lowest BCUT2D eigenvalue weighted by atomic mass is 10.0. The Labute approximate surface area is 181 Å². The topological polar surface area (TPSA) is 79.0 Å². The number of alkyl halides is 3. The van der Waals surface area contributed by atoms with Crippen LogP contribution >= 0.6 is 0 Å². The summed E-state index contributed by atoms with van der Waals surface area (Å²) in [6.45, 7) is 3.40. The van der Waals surface area contributed by atoms with Crippen LogP contribution in [0.3, 0.4) is 0 Å². The average molecular weight is 447 g/mol. The monoisotopic (exact) mass is 447 g/mol. The maximum Gasteiger partial charge on any atom is 0.573 e. The van der Waals surface area contributed by atoms with Crippen molar-refractivity contribution in [2.24, 2.45) is 0 Å². The van der Waals surface area contributed by atoms with Gasteiger partial charge in [0.15, 0.2) is 0 Å². The Morgan fingerprint density at radius 3 is 2.50 bits per heavy atom. The Kier molecular flexibility index (Phi) is 5.68. The van der Waals surface area contributed by atoms with Crippen molar-refractivity contribution in [2.75, 3.05) is 31.1 Å². The molecule has 1 N–H and O–H groups in total. The van der Waals surface area contributed by atoms with Gasteiger partial charge in [-0.15, -0.1) is 13.2 Å². The lowest BCUT2D eigenvalue weighted by Crippen LogP contribution is -2.49. The molecule has 0 spiro atoms. The van der Waals surface area contributed by atoms with E-state index in [-0.39, 0.29) is 34.2 Å². The molecule has 3 aromatic rings. The molecular formula is C22H20F3N3O4. The molecule has 168 valence electrons. The predicted molar refractivity (Wildman–Crippen MR) is 110 cm³/mol. The first kappa shape index (κ1) is 21.5. The first-order chi connectivity index (χ1) is 15.2. The number of aryl methyl sites for hydroxylation is 1. The fraction of sp³-hybridized carbons (Fsp3) is 0.273. The Hall–Kier alpha value is -3.69. The lowest BCUT2D eigenvalue weighted by molar-refractivity contribution is -0.274. The standard InChI is InChI=1S/C22H20F3N3O4/c1-14-19(20(26-32-14)15-5-4-6-16(13-15)31-22(23,24)25)21(30)28-11-9-27(10-12-28)17-7-2-3-8-18(17)29/h2-8,13,29H,9-12H2,1H3. The van der Waals surface area contributed by atoms with E-state index in [1.807, 2.05) is 17.0 Å². The van der Waals surface area contributed by atoms with Gasteiger partial charge in [0.1, 0.15) is 28.5 Å². The highest BCUT2D eigenvalue weighted by atomic mass is 19.4. The third kappa shape index (κ3) is 4.48. The van der Waals surface area contributed by atoms with Gasteiger partial charge in [-0.2, -0.15) is 0 Å². The largest absolute Gasteiger partial charge is 0.573 e. The fourth-order valence-electron chi connectivity index (χ4n) is 3.70. The molecule has 1 aliphatic rings. The molecule has 7 nitrogen and oxygen atoms in total. The quantitative estimate of drug-likeness (QED) is 0.645. The van der Waals surface area contributed by atoms with Gasteiger partial charge in [0, 0.05) is 31.7 Å². The molecule has 0 saturated carbocycles. The molecule has 0 unspecified atom stereocenters. The second-order valence-corrected chi connectivity index (χ2v) is 7.31. The van der Waals surface area contributed by atoms with Gasteiger partial charge in [-0.3, -0.25) is 4.79 Å². The molecule has 32 heavy (non-hydrogen) atoms. The molecule has 0 radical (unpaired) electrons. The summed E-state index contributed by atoms with van der Waals surface area (Å²) in [5, 5.41) is 14.0. The molecule has 1 saturated heterocycles. The van der Waals surface area contributed by atoms with E-state index in [0.717, 1.165) is 6.07 Å². The molecule has 0 atom stereocenters. The average Bonchev–Trinajstić information content (AvgIpc) is 3.14. The van der Waals surface area contributed by atoms with Crippen molar-refractivity contribution < 1.29 is 32.3 Å². The molecule has 2 aromatic carbocycles. The summed E-state index contributed by atoms with van der Waals surface area (Å²) in [5.41, 5.74) is 1.33. The molecule has 1 amide bonds. The predicted octanol–water partition coefficient (Wildman–Crippen LogP) is 4.22. The number of amides is 1. The zero-order valence-electron chi connectivity index (χ0n) is 17.1. The number of anilines is 1. The highest BCUT2D eigenvalue weighted by Crippen LogP contribution is 2.32. The zero-order valence-corrected chi connectivity index (χ0v) is 17.1. The normalized spacial score (nSPS) is 14.5. The second kappa shape index (κ2) is 8.45. The fourth-order valence-corrected chi connectivity index (χ4v) is 3.70. The number of hydrogen-bond donors (Lipinski definition) is 1. The minimum Gasteiger partial charge on any atom is -0.506 e. The SMILES string of the molecule is Cc1onc(-c2cccc(OC(F)(F)F)c2)c1C(=O)N1CCN(c2ccccc2O)CC1. The number of piperazine rings is 1. The summed E-state index contributed by atoms with van der Waals surface area (Å²) in [6, 6.07) is 12.2. The highest BCUT2D eigenvalue weighted by Gasteiger charge is 2.32. The maximum atomic E-state index is 13.2. The molecule has 2 heterocycles. The van der Waals surface area contributed by atoms with Crippen LogP contribution in [0, 0.1) is 6.92 Å². The van der Waals surface area contributed by atoms with Crippen LogP contribution in [-0.4, -0.2) is 53.6 Å². The van der Waals surface area contributed by atoms with Crippen molar-refractivity contribution in [3.63, 3.8) is 0 Å². The van der Waals surface area contributed by atoms with Gasteiger partial charge in [-0.05, 0) is 31.2 Å². The number of benzene rings is 2. The van der Waals surface area contributed by atoms with Gasteiger partial charge < -0.3 is 24.2 Å². The number of para-hydroxylation sites is 2. The number of rotatable bonds is 4. The number of phenols is 1. The van der Waals surface area contributed by atoms with Gasteiger partial charge in [-0.25, -0.2) is 0 Å². The number of halogens is 3. The van der Waals surface area contributed by atoms with Gasteiger partial charge in [0.25, 0.3) is 5.91 Å². The maximum absolute atomic E-state index is 13.2. The third-order valence-corrected chi connectivity index (χ3v) is 5.21. The van der Waals surface area contributed by atoms with E-state index in [1.165, 1.54) is 18.2 Å². The molecule has 0 bridgehead atoms. The van der Waals surface area contributed by atoms with Crippen LogP contribution in [0.5, 0.6) is 11.5 Å². The van der Waals surface area contributed by atoms with Crippen molar-refractivity contribution in [3.8, 4) is 22.8 Å². The van der Waals surface area contributed by atoms with Crippen molar-refractivity contribution >= 4 is 11.6 Å². The molecular weight excluding hydrogens is 427 g/mol. The van der Waals surface area contributed by atoms with Crippen molar-refractivity contribution in [2.45, 2.75) is 13.3 Å². The van der Waals surface area contributed by atoms with E-state index in [4.69, 9.17) is 4.52 Å². The Morgan fingerprint density at radius 1 is 1.09 bits per heavy atom. The minimum atomic E-state index is -4.83. The summed E-state index contributed by atoms with van der Waals surface area (Å²) >= 11 is 0. The van der Waals surface area contributed by atoms with E-state index in [2.05, 4.69) is 9.89 Å². The molecule has 10 heteroatoms. The third-order valence-electron chi connectivity index (χ3n) is 5.21. The lowest BCUT2D eigenvalue weighted by Gasteiger charge is -2.36. The number of hydrogen-bond acceptors (Lipinski definition) is 6. The van der Waals surface area contributed by atoms with E-state index < -0.39 is 12.1 Å². The van der Waals surface area contributed by atoms with Crippen LogP contribution in [0.1, 0.15) is 16.1 Å². The second-order valence-electron chi connectivity index (χ2n) is 7.31. The highest BCUT2D eigenvalue weighted by molar-refractivity contribution is 6.01. The number of ether oxygens (including phenoxy) is 1. The smallest absolute Gasteiger partial charge is 0.506 e. The van der Waals surface area contributed by atoms with E-state index in [0.29, 0.717) is 31.9 Å². The molecule has 1 aromatic heterocycles. The van der Waals surface area contributed by atoms with Gasteiger partial charge in [-0.1, -0.05) is 29.4 Å². The molecule has 1 aliphatic heterocycles. The van der Waals surface area contributed by atoms with Gasteiger partial charge >= 0.3 is 6.36 Å². The van der Waals surface area contributed by atoms with Crippen LogP contribution < -0.4 is 9.64 Å². The Bertz CT molecular complexity index is 1120. The summed E-state index contributed by atoms with van der Waals surface area (Å²) in [4.78, 5) is 16.9. The van der Waals surface area contributed by atoms with Crippen molar-refractivity contribution in [1.82, 2.24) is 10.1 Å². The number of nitrogens with zero attached hydrogens (tertiary/aromatic N) is 3. The van der Waals surface area contributed by atoms with Crippen molar-refractivity contribution in [1.29, 1.82) is 0 Å². The number of phenolic OH excluding ortho intramolecular Hbond substituents is 1. The summed E-state index contributed by atoms with van der Waals surface area (Å²) in [6.07, 6.45) is -4.83. The van der Waals surface area contributed by atoms with E-state index >= 15 is 0 Å². The number of carbonyl (C=O) groups excluding carboxylic acids is 1. The molecule has 0 aliphatic carbocycles.